The van der Waals surface area contributed by atoms with Crippen molar-refractivity contribution in [1.82, 2.24) is 0 Å². The molecule has 2 aromatic rings. The molecule has 1 aliphatic rings. The van der Waals surface area contributed by atoms with Gasteiger partial charge in [0, 0.05) is 18.6 Å². The van der Waals surface area contributed by atoms with Gasteiger partial charge in [-0.05, 0) is 23.0 Å². The van der Waals surface area contributed by atoms with Crippen molar-refractivity contribution in [2.24, 2.45) is 0 Å². The molecule has 0 saturated heterocycles. The number of fused-ring (bicyclic) bond motifs is 1. The minimum atomic E-state index is -0.0783. The number of rotatable bonds is 4. The van der Waals surface area contributed by atoms with Crippen molar-refractivity contribution in [1.29, 1.82) is 0 Å². The number of carbonyl (C=O) groups is 1. The van der Waals surface area contributed by atoms with Crippen LogP contribution >= 0.6 is 12.4 Å². The molecule has 0 aromatic heterocycles. The van der Waals surface area contributed by atoms with Gasteiger partial charge in [0.1, 0.15) is 0 Å². The first-order chi connectivity index (χ1) is 11.8. The molecule has 5 nitrogen and oxygen atoms in total. The van der Waals surface area contributed by atoms with Gasteiger partial charge in [-0.1, -0.05) is 45.0 Å². The molecule has 0 saturated carbocycles. The average Bonchev–Trinajstić information content (AvgIpc) is 3.00. The SMILES string of the molecule is CC(C)(C)c1ccc(CCC(=O)Nc2cc3c(cc2N)OCO3)cc1.Cl. The van der Waals surface area contributed by atoms with Crippen LogP contribution in [0.5, 0.6) is 11.5 Å². The Labute approximate surface area is 160 Å². The number of nitrogens with two attached hydrogens (primary N) is 1. The lowest BCUT2D eigenvalue weighted by atomic mass is 9.86. The standard InChI is InChI=1S/C20H24N2O3.ClH/c1-20(2,3)14-7-4-13(5-8-14)6-9-19(23)22-16-11-18-17(10-15(16)21)24-12-25-18;/h4-5,7-8,10-11H,6,9,12,21H2,1-3H3,(H,22,23);1H. The molecule has 0 radical (unpaired) electrons. The first-order valence-electron chi connectivity index (χ1n) is 8.41. The zero-order valence-corrected chi connectivity index (χ0v) is 16.1. The van der Waals surface area contributed by atoms with E-state index in [1.165, 1.54) is 5.56 Å². The van der Waals surface area contributed by atoms with Crippen LogP contribution in [0.15, 0.2) is 36.4 Å². The molecule has 0 fully saturated rings. The maximum atomic E-state index is 12.2. The van der Waals surface area contributed by atoms with Gasteiger partial charge in [0.05, 0.1) is 11.4 Å². The third-order valence-corrected chi connectivity index (χ3v) is 4.28. The van der Waals surface area contributed by atoms with Gasteiger partial charge in [-0.15, -0.1) is 12.4 Å². The van der Waals surface area contributed by atoms with Crippen LogP contribution in [0.25, 0.3) is 0 Å². The maximum absolute atomic E-state index is 12.2. The summed E-state index contributed by atoms with van der Waals surface area (Å²) in [6.45, 7) is 6.73. The van der Waals surface area contributed by atoms with Crippen LogP contribution in [0.2, 0.25) is 0 Å². The second-order valence-corrected chi connectivity index (χ2v) is 7.29. The van der Waals surface area contributed by atoms with Crippen LogP contribution in [0.1, 0.15) is 38.3 Å². The third kappa shape index (κ3) is 4.61. The van der Waals surface area contributed by atoms with E-state index in [-0.39, 0.29) is 30.5 Å². The zero-order chi connectivity index (χ0) is 18.0. The van der Waals surface area contributed by atoms with Crippen LogP contribution < -0.4 is 20.5 Å². The minimum Gasteiger partial charge on any atom is -0.454 e. The number of amides is 1. The third-order valence-electron chi connectivity index (χ3n) is 4.28. The molecule has 3 rings (SSSR count). The number of nitrogen functional groups attached to an aromatic ring is 1. The number of anilines is 2. The monoisotopic (exact) mass is 376 g/mol. The van der Waals surface area contributed by atoms with E-state index in [0.29, 0.717) is 35.7 Å². The number of ether oxygens (including phenoxy) is 2. The predicted molar refractivity (Wildman–Crippen MR) is 106 cm³/mol. The Hall–Kier alpha value is -2.40. The molecule has 1 aliphatic heterocycles. The maximum Gasteiger partial charge on any atom is 0.231 e. The van der Waals surface area contributed by atoms with Gasteiger partial charge in [-0.3, -0.25) is 4.79 Å². The Morgan fingerprint density at radius 3 is 2.35 bits per heavy atom. The van der Waals surface area contributed by atoms with E-state index in [2.05, 4.69) is 50.4 Å². The highest BCUT2D eigenvalue weighted by atomic mass is 35.5. The Morgan fingerprint density at radius 2 is 1.73 bits per heavy atom. The smallest absolute Gasteiger partial charge is 0.231 e. The van der Waals surface area contributed by atoms with Gasteiger partial charge in [0.25, 0.3) is 0 Å². The molecule has 0 bridgehead atoms. The molecule has 0 atom stereocenters. The van der Waals surface area contributed by atoms with Gasteiger partial charge in [0.2, 0.25) is 12.7 Å². The van der Waals surface area contributed by atoms with E-state index >= 15 is 0 Å². The summed E-state index contributed by atoms with van der Waals surface area (Å²) >= 11 is 0. The molecule has 2 aromatic carbocycles. The zero-order valence-electron chi connectivity index (χ0n) is 15.3. The summed E-state index contributed by atoms with van der Waals surface area (Å²) in [6, 6.07) is 11.8. The lowest BCUT2D eigenvalue weighted by Gasteiger charge is -2.19. The molecule has 6 heteroatoms. The number of carbonyl (C=O) groups excluding carboxylic acids is 1. The summed E-state index contributed by atoms with van der Waals surface area (Å²) in [5.41, 5.74) is 9.53. The molecule has 0 spiro atoms. The highest BCUT2D eigenvalue weighted by Gasteiger charge is 2.17. The van der Waals surface area contributed by atoms with Crippen molar-refractivity contribution < 1.29 is 14.3 Å². The molecule has 3 N–H and O–H groups in total. The van der Waals surface area contributed by atoms with E-state index in [0.717, 1.165) is 5.56 Å². The molecule has 1 heterocycles. The first kappa shape index (κ1) is 19.9. The predicted octanol–water partition coefficient (Wildman–Crippen LogP) is 4.29. The number of aryl methyl sites for hydroxylation is 1. The Balaban J connectivity index is 0.00000243. The first-order valence-corrected chi connectivity index (χ1v) is 8.41. The largest absolute Gasteiger partial charge is 0.454 e. The fraction of sp³-hybridized carbons (Fsp3) is 0.350. The molecule has 1 amide bonds. The van der Waals surface area contributed by atoms with Crippen molar-refractivity contribution in [2.45, 2.75) is 39.0 Å². The summed E-state index contributed by atoms with van der Waals surface area (Å²) < 4.78 is 10.6. The highest BCUT2D eigenvalue weighted by Crippen LogP contribution is 2.38. The van der Waals surface area contributed by atoms with Crippen molar-refractivity contribution in [3.63, 3.8) is 0 Å². The topological polar surface area (TPSA) is 73.6 Å². The van der Waals surface area contributed by atoms with Crippen molar-refractivity contribution in [3.05, 3.63) is 47.5 Å². The van der Waals surface area contributed by atoms with E-state index in [4.69, 9.17) is 15.2 Å². The van der Waals surface area contributed by atoms with Crippen molar-refractivity contribution in [2.75, 3.05) is 17.8 Å². The second kappa shape index (κ2) is 7.87. The fourth-order valence-corrected chi connectivity index (χ4v) is 2.71. The normalized spacial score (nSPS) is 12.4. The van der Waals surface area contributed by atoms with Crippen LogP contribution in [-0.4, -0.2) is 12.7 Å². The van der Waals surface area contributed by atoms with Crippen molar-refractivity contribution >= 4 is 29.7 Å². The molecule has 140 valence electrons. The summed E-state index contributed by atoms with van der Waals surface area (Å²) in [7, 11) is 0. The van der Waals surface area contributed by atoms with Crippen LogP contribution in [0.3, 0.4) is 0 Å². The van der Waals surface area contributed by atoms with Gasteiger partial charge in [-0.25, -0.2) is 0 Å². The van der Waals surface area contributed by atoms with Gasteiger partial charge in [0.15, 0.2) is 11.5 Å². The minimum absolute atomic E-state index is 0. The molecule has 0 aliphatic carbocycles. The Kier molecular flexibility index (Phi) is 6.03. The lowest BCUT2D eigenvalue weighted by Crippen LogP contribution is -2.14. The Morgan fingerprint density at radius 1 is 1.12 bits per heavy atom. The molecular weight excluding hydrogens is 352 g/mol. The van der Waals surface area contributed by atoms with Crippen LogP contribution in [0, 0.1) is 0 Å². The summed E-state index contributed by atoms with van der Waals surface area (Å²) in [5, 5.41) is 2.85. The van der Waals surface area contributed by atoms with Gasteiger partial charge < -0.3 is 20.5 Å². The van der Waals surface area contributed by atoms with E-state index in [9.17, 15) is 4.79 Å². The number of halogens is 1. The van der Waals surface area contributed by atoms with Crippen LogP contribution in [-0.2, 0) is 16.6 Å². The van der Waals surface area contributed by atoms with Gasteiger partial charge >= 0.3 is 0 Å². The second-order valence-electron chi connectivity index (χ2n) is 7.29. The Bertz CT molecular complexity index is 783. The van der Waals surface area contributed by atoms with E-state index in [1.807, 2.05) is 0 Å². The molecular formula is C20H25ClN2O3. The number of hydrogen-bond acceptors (Lipinski definition) is 4. The molecule has 0 unspecified atom stereocenters. The van der Waals surface area contributed by atoms with E-state index in [1.54, 1.807) is 12.1 Å². The number of nitrogens with one attached hydrogen (secondary N) is 1. The quantitative estimate of drug-likeness (QED) is 0.781. The average molecular weight is 377 g/mol. The highest BCUT2D eigenvalue weighted by molar-refractivity contribution is 5.94. The van der Waals surface area contributed by atoms with Gasteiger partial charge in [-0.2, -0.15) is 0 Å². The van der Waals surface area contributed by atoms with E-state index < -0.39 is 0 Å². The summed E-state index contributed by atoms with van der Waals surface area (Å²) in [6.07, 6.45) is 1.07. The lowest BCUT2D eigenvalue weighted by molar-refractivity contribution is -0.116. The fourth-order valence-electron chi connectivity index (χ4n) is 2.71. The number of hydrogen-bond donors (Lipinski definition) is 2. The number of benzene rings is 2. The summed E-state index contributed by atoms with van der Waals surface area (Å²) in [5.74, 6) is 1.13. The van der Waals surface area contributed by atoms with Crippen LogP contribution in [0.4, 0.5) is 11.4 Å². The summed E-state index contributed by atoms with van der Waals surface area (Å²) in [4.78, 5) is 12.2. The van der Waals surface area contributed by atoms with Crippen molar-refractivity contribution in [3.8, 4) is 11.5 Å². The molecule has 26 heavy (non-hydrogen) atoms.